The Kier molecular flexibility index (Phi) is 6.10. The molecule has 0 bridgehead atoms. The molecule has 148 valence electrons. The normalized spacial score (nSPS) is 18.9. The maximum atomic E-state index is 11.9. The molecule has 28 heavy (non-hydrogen) atoms. The molecule has 1 aliphatic rings. The summed E-state index contributed by atoms with van der Waals surface area (Å²) < 4.78 is 0. The first-order chi connectivity index (χ1) is 13.5. The monoisotopic (exact) mass is 381 g/mol. The Morgan fingerprint density at radius 1 is 1.21 bits per heavy atom. The molecule has 2 atom stereocenters. The number of primary amides is 1. The van der Waals surface area contributed by atoms with E-state index in [0.29, 0.717) is 22.9 Å². The van der Waals surface area contributed by atoms with Crippen molar-refractivity contribution in [2.24, 2.45) is 11.5 Å². The zero-order valence-electron chi connectivity index (χ0n) is 16.0. The van der Waals surface area contributed by atoms with Gasteiger partial charge < -0.3 is 32.8 Å². The number of carbonyl (C=O) groups is 1. The van der Waals surface area contributed by atoms with E-state index >= 15 is 0 Å². The Labute approximate surface area is 164 Å². The van der Waals surface area contributed by atoms with Gasteiger partial charge in [-0.05, 0) is 37.1 Å². The molecule has 8 nitrogen and oxygen atoms in total. The number of amides is 1. The predicted molar refractivity (Wildman–Crippen MR) is 114 cm³/mol. The summed E-state index contributed by atoms with van der Waals surface area (Å²) in [7, 11) is 1.79. The van der Waals surface area contributed by atoms with Crippen LogP contribution in [0.1, 0.15) is 41.6 Å². The molecule has 1 heterocycles. The van der Waals surface area contributed by atoms with Crippen LogP contribution in [-0.4, -0.2) is 36.2 Å². The quantitative estimate of drug-likeness (QED) is 0.407. The van der Waals surface area contributed by atoms with Gasteiger partial charge in [-0.1, -0.05) is 18.9 Å². The topological polar surface area (TPSA) is 142 Å². The fraction of sp³-hybridized carbons (Fsp3) is 0.350. The maximum Gasteiger partial charge on any atom is 0.252 e. The van der Waals surface area contributed by atoms with Crippen molar-refractivity contribution in [3.8, 4) is 0 Å². The molecule has 8 N–H and O–H groups in total. The van der Waals surface area contributed by atoms with Crippen LogP contribution in [-0.2, 0) is 0 Å². The van der Waals surface area contributed by atoms with Crippen molar-refractivity contribution in [2.75, 3.05) is 23.0 Å². The van der Waals surface area contributed by atoms with Crippen LogP contribution in [0.5, 0.6) is 0 Å². The van der Waals surface area contributed by atoms with E-state index in [-0.39, 0.29) is 17.6 Å². The van der Waals surface area contributed by atoms with Crippen LogP contribution in [0.25, 0.3) is 0 Å². The molecule has 0 spiro atoms. The minimum atomic E-state index is -0.572. The fourth-order valence-corrected chi connectivity index (χ4v) is 3.54. The van der Waals surface area contributed by atoms with Crippen molar-refractivity contribution < 1.29 is 4.79 Å². The molecule has 2 aromatic rings. The molecule has 1 aromatic carbocycles. The Balaban J connectivity index is 1.93. The van der Waals surface area contributed by atoms with Crippen molar-refractivity contribution in [1.29, 1.82) is 5.41 Å². The maximum absolute atomic E-state index is 11.9. The highest BCUT2D eigenvalue weighted by atomic mass is 16.1. The highest BCUT2D eigenvalue weighted by Gasteiger charge is 2.22. The van der Waals surface area contributed by atoms with Gasteiger partial charge in [-0.15, -0.1) is 0 Å². The second kappa shape index (κ2) is 8.71. The van der Waals surface area contributed by atoms with Gasteiger partial charge in [0.1, 0.15) is 11.6 Å². The molecule has 0 aliphatic heterocycles. The van der Waals surface area contributed by atoms with Gasteiger partial charge in [-0.25, -0.2) is 4.98 Å². The number of pyridine rings is 1. The molecule has 0 radical (unpaired) electrons. The molecule has 1 aromatic heterocycles. The second-order valence-electron chi connectivity index (χ2n) is 6.94. The van der Waals surface area contributed by atoms with Gasteiger partial charge >= 0.3 is 0 Å². The minimum absolute atomic E-state index is 0.0830. The van der Waals surface area contributed by atoms with Crippen molar-refractivity contribution in [3.63, 3.8) is 0 Å². The van der Waals surface area contributed by atoms with Gasteiger partial charge in [0, 0.05) is 36.6 Å². The van der Waals surface area contributed by atoms with E-state index in [1.54, 1.807) is 19.2 Å². The molecule has 1 saturated carbocycles. The van der Waals surface area contributed by atoms with Crippen LogP contribution < -0.4 is 27.4 Å². The third-order valence-corrected chi connectivity index (χ3v) is 5.09. The number of rotatable bonds is 7. The Morgan fingerprint density at radius 3 is 2.64 bits per heavy atom. The number of nitrogens with one attached hydrogen (secondary N) is 4. The summed E-state index contributed by atoms with van der Waals surface area (Å²) in [6.45, 7) is 0. The van der Waals surface area contributed by atoms with Gasteiger partial charge in [-0.2, -0.15) is 0 Å². The number of hydrogen-bond donors (Lipinski definition) is 6. The summed E-state index contributed by atoms with van der Waals surface area (Å²) in [6, 6.07) is 9.18. The Hall–Kier alpha value is -3.13. The van der Waals surface area contributed by atoms with Crippen molar-refractivity contribution in [2.45, 2.75) is 37.8 Å². The molecule has 1 aliphatic carbocycles. The molecule has 3 rings (SSSR count). The molecular formula is C20H27N7O. The number of carbonyl (C=O) groups excluding carboxylic acids is 1. The van der Waals surface area contributed by atoms with Gasteiger partial charge in [0.25, 0.3) is 5.91 Å². The lowest BCUT2D eigenvalue weighted by atomic mass is 9.91. The third-order valence-electron chi connectivity index (χ3n) is 5.09. The van der Waals surface area contributed by atoms with Crippen molar-refractivity contribution >= 4 is 35.1 Å². The highest BCUT2D eigenvalue weighted by Crippen LogP contribution is 2.28. The minimum Gasteiger partial charge on any atom is -0.388 e. The van der Waals surface area contributed by atoms with Gasteiger partial charge in [-0.3, -0.25) is 4.79 Å². The number of nitrogens with two attached hydrogens (primary N) is 2. The molecular weight excluding hydrogens is 354 g/mol. The number of nitrogens with zero attached hydrogens (tertiary/aromatic N) is 1. The summed E-state index contributed by atoms with van der Waals surface area (Å²) in [5.74, 6) is 0.409. The second-order valence-corrected chi connectivity index (χ2v) is 6.94. The molecule has 1 fully saturated rings. The molecule has 1 amide bonds. The predicted octanol–water partition coefficient (Wildman–Crippen LogP) is 2.65. The summed E-state index contributed by atoms with van der Waals surface area (Å²) in [5.41, 5.74) is 14.2. The summed E-state index contributed by atoms with van der Waals surface area (Å²) in [5, 5.41) is 17.3. The lowest BCUT2D eigenvalue weighted by molar-refractivity contribution is 0.100. The fourth-order valence-electron chi connectivity index (χ4n) is 3.54. The average molecular weight is 381 g/mol. The van der Waals surface area contributed by atoms with Crippen LogP contribution >= 0.6 is 0 Å². The number of benzene rings is 1. The van der Waals surface area contributed by atoms with Gasteiger partial charge in [0.2, 0.25) is 0 Å². The highest BCUT2D eigenvalue weighted by molar-refractivity contribution is 6.00. The number of anilines is 4. The third kappa shape index (κ3) is 4.23. The standard InChI is InChI=1S/C20H27N7O/c1-24-15-7-4-8-16(13(15)11-21)26-20-12(19(23)28)9-10-18(27-20)25-17-6-3-2-5-14(17)22/h4,7-11,14,17,21,24H,2-3,5-6,22H2,1H3,(H2,23,28)(H2,25,26,27)/t14-,17+/m0/s1. The summed E-state index contributed by atoms with van der Waals surface area (Å²) in [6.07, 6.45) is 5.51. The summed E-state index contributed by atoms with van der Waals surface area (Å²) in [4.78, 5) is 16.5. The van der Waals surface area contributed by atoms with E-state index in [1.165, 1.54) is 6.21 Å². The van der Waals surface area contributed by atoms with E-state index < -0.39 is 5.91 Å². The molecule has 8 heteroatoms. The lowest BCUT2D eigenvalue weighted by Gasteiger charge is -2.30. The van der Waals surface area contributed by atoms with Crippen molar-refractivity contribution in [3.05, 3.63) is 41.5 Å². The van der Waals surface area contributed by atoms with Gasteiger partial charge in [0.15, 0.2) is 0 Å². The van der Waals surface area contributed by atoms with E-state index in [2.05, 4.69) is 20.9 Å². The van der Waals surface area contributed by atoms with E-state index in [0.717, 1.165) is 31.4 Å². The average Bonchev–Trinajstić information content (AvgIpc) is 2.69. The van der Waals surface area contributed by atoms with Crippen LogP contribution in [0.2, 0.25) is 0 Å². The number of hydrogen-bond acceptors (Lipinski definition) is 7. The first-order valence-corrected chi connectivity index (χ1v) is 9.44. The zero-order chi connectivity index (χ0) is 20.1. The first-order valence-electron chi connectivity index (χ1n) is 9.44. The molecule has 0 unspecified atom stereocenters. The SMILES string of the molecule is CNc1cccc(Nc2nc(N[C@@H]3CCCC[C@@H]3N)ccc2C(N)=O)c1C=N. The smallest absolute Gasteiger partial charge is 0.252 e. The van der Waals surface area contributed by atoms with E-state index in [1.807, 2.05) is 18.2 Å². The Morgan fingerprint density at radius 2 is 1.96 bits per heavy atom. The van der Waals surface area contributed by atoms with Crippen LogP contribution in [0.4, 0.5) is 23.0 Å². The first kappa shape index (κ1) is 19.6. The number of aromatic nitrogens is 1. The Bertz CT molecular complexity index is 868. The van der Waals surface area contributed by atoms with E-state index in [9.17, 15) is 4.79 Å². The molecule has 0 saturated heterocycles. The zero-order valence-corrected chi connectivity index (χ0v) is 16.0. The summed E-state index contributed by atoms with van der Waals surface area (Å²) >= 11 is 0. The van der Waals surface area contributed by atoms with E-state index in [4.69, 9.17) is 16.9 Å². The lowest BCUT2D eigenvalue weighted by Crippen LogP contribution is -2.42. The van der Waals surface area contributed by atoms with Crippen LogP contribution in [0.15, 0.2) is 30.3 Å². The largest absolute Gasteiger partial charge is 0.388 e. The van der Waals surface area contributed by atoms with Crippen LogP contribution in [0.3, 0.4) is 0 Å². The van der Waals surface area contributed by atoms with Gasteiger partial charge in [0.05, 0.1) is 11.3 Å². The van der Waals surface area contributed by atoms with Crippen molar-refractivity contribution in [1.82, 2.24) is 4.98 Å². The van der Waals surface area contributed by atoms with Crippen LogP contribution in [0, 0.1) is 5.41 Å².